The lowest BCUT2D eigenvalue weighted by Gasteiger charge is -2.17. The van der Waals surface area contributed by atoms with Gasteiger partial charge in [0.25, 0.3) is 0 Å². The number of hydrogen-bond donors (Lipinski definition) is 1. The Morgan fingerprint density at radius 3 is 2.58 bits per heavy atom. The van der Waals surface area contributed by atoms with E-state index >= 15 is 0 Å². The van der Waals surface area contributed by atoms with Crippen molar-refractivity contribution in [2.24, 2.45) is 12.8 Å². The molecule has 1 rings (SSSR count). The summed E-state index contributed by atoms with van der Waals surface area (Å²) in [5, 5.41) is 0. The van der Waals surface area contributed by atoms with Crippen LogP contribution >= 0.6 is 0 Å². The quantitative estimate of drug-likeness (QED) is 0.728. The number of hydrogen-bond acceptors (Lipinski definition) is 1. The molecule has 0 saturated carbocycles. The molecule has 0 aromatic carbocycles. The van der Waals surface area contributed by atoms with Gasteiger partial charge >= 0.3 is 0 Å². The highest BCUT2D eigenvalue weighted by Crippen LogP contribution is 2.10. The zero-order valence-corrected chi connectivity index (χ0v) is 8.17. The minimum Gasteiger partial charge on any atom is -0.357 e. The van der Waals surface area contributed by atoms with Crippen LogP contribution in [0.25, 0.3) is 0 Å². The maximum absolute atomic E-state index is 5.88. The van der Waals surface area contributed by atoms with E-state index in [9.17, 15) is 0 Å². The largest absolute Gasteiger partial charge is 0.357 e. The molecule has 0 saturated heterocycles. The molecule has 0 atom stereocenters. The van der Waals surface area contributed by atoms with Gasteiger partial charge in [-0.15, -0.1) is 0 Å². The summed E-state index contributed by atoms with van der Waals surface area (Å²) in [4.78, 5) is 0. The predicted octanol–water partition coefficient (Wildman–Crippen LogP) is 1.69. The average Bonchev–Trinajstić information content (AvgIpc) is 2.30. The second-order valence-electron chi connectivity index (χ2n) is 4.17. The van der Waals surface area contributed by atoms with E-state index in [0.717, 1.165) is 12.8 Å². The van der Waals surface area contributed by atoms with Gasteiger partial charge in [0, 0.05) is 25.0 Å². The molecule has 1 heterocycles. The number of nitrogens with zero attached hydrogens (tertiary/aromatic N) is 1. The molecule has 0 aliphatic carbocycles. The van der Waals surface area contributed by atoms with Gasteiger partial charge in [0.2, 0.25) is 0 Å². The summed E-state index contributed by atoms with van der Waals surface area (Å²) in [5.74, 6) is 0. The highest BCUT2D eigenvalue weighted by molar-refractivity contribution is 5.10. The van der Waals surface area contributed by atoms with Crippen molar-refractivity contribution < 1.29 is 0 Å². The van der Waals surface area contributed by atoms with Crippen molar-refractivity contribution in [2.75, 3.05) is 0 Å². The molecule has 2 N–H and O–H groups in total. The van der Waals surface area contributed by atoms with Gasteiger partial charge in [0.15, 0.2) is 0 Å². The molecule has 1 aromatic rings. The Bertz CT molecular complexity index is 243. The Hall–Kier alpha value is -0.760. The Morgan fingerprint density at radius 2 is 2.17 bits per heavy atom. The fourth-order valence-corrected chi connectivity index (χ4v) is 1.18. The fourth-order valence-electron chi connectivity index (χ4n) is 1.18. The van der Waals surface area contributed by atoms with E-state index < -0.39 is 0 Å². The van der Waals surface area contributed by atoms with Crippen LogP contribution in [0.15, 0.2) is 18.5 Å². The third kappa shape index (κ3) is 3.09. The lowest BCUT2D eigenvalue weighted by molar-refractivity contribution is 0.477. The van der Waals surface area contributed by atoms with E-state index in [1.807, 2.05) is 7.05 Å². The minimum absolute atomic E-state index is 0.0458. The van der Waals surface area contributed by atoms with E-state index in [1.165, 1.54) is 5.56 Å². The van der Waals surface area contributed by atoms with Gasteiger partial charge < -0.3 is 10.3 Å². The van der Waals surface area contributed by atoms with Crippen molar-refractivity contribution >= 4 is 0 Å². The molecule has 0 bridgehead atoms. The Morgan fingerprint density at radius 1 is 1.50 bits per heavy atom. The van der Waals surface area contributed by atoms with E-state index in [2.05, 4.69) is 36.9 Å². The smallest absolute Gasteiger partial charge is 0.0106 e. The SMILES string of the molecule is Cn1ccc(CCC(C)(C)N)c1. The van der Waals surface area contributed by atoms with Crippen LogP contribution in [0.2, 0.25) is 0 Å². The van der Waals surface area contributed by atoms with Crippen LogP contribution in [0, 0.1) is 0 Å². The highest BCUT2D eigenvalue weighted by atomic mass is 14.9. The second-order valence-corrected chi connectivity index (χ2v) is 4.17. The van der Waals surface area contributed by atoms with Gasteiger partial charge in [0.05, 0.1) is 0 Å². The molecule has 0 aliphatic rings. The van der Waals surface area contributed by atoms with E-state index in [0.29, 0.717) is 0 Å². The molecule has 68 valence electrons. The molecule has 0 aliphatic heterocycles. The summed E-state index contributed by atoms with van der Waals surface area (Å²) < 4.78 is 2.07. The normalized spacial score (nSPS) is 12.0. The molecule has 0 radical (unpaired) electrons. The van der Waals surface area contributed by atoms with Crippen molar-refractivity contribution in [3.05, 3.63) is 24.0 Å². The molecular formula is C10H18N2. The van der Waals surface area contributed by atoms with Crippen LogP contribution < -0.4 is 5.73 Å². The summed E-state index contributed by atoms with van der Waals surface area (Å²) in [7, 11) is 2.04. The van der Waals surface area contributed by atoms with Crippen molar-refractivity contribution in [1.29, 1.82) is 0 Å². The van der Waals surface area contributed by atoms with Gasteiger partial charge in [-0.2, -0.15) is 0 Å². The standard InChI is InChI=1S/C10H18N2/c1-10(2,11)6-4-9-5-7-12(3)8-9/h5,7-8H,4,6,11H2,1-3H3. The van der Waals surface area contributed by atoms with Crippen LogP contribution in [0.5, 0.6) is 0 Å². The summed E-state index contributed by atoms with van der Waals surface area (Å²) in [6, 6.07) is 2.14. The Balaban J connectivity index is 2.44. The highest BCUT2D eigenvalue weighted by Gasteiger charge is 2.10. The summed E-state index contributed by atoms with van der Waals surface area (Å²) in [6.07, 6.45) is 6.33. The van der Waals surface area contributed by atoms with Crippen LogP contribution in [0.4, 0.5) is 0 Å². The van der Waals surface area contributed by atoms with Crippen LogP contribution in [-0.4, -0.2) is 10.1 Å². The monoisotopic (exact) mass is 166 g/mol. The molecule has 0 spiro atoms. The third-order valence-electron chi connectivity index (χ3n) is 1.95. The Kier molecular flexibility index (Phi) is 2.58. The topological polar surface area (TPSA) is 30.9 Å². The van der Waals surface area contributed by atoms with E-state index in [4.69, 9.17) is 5.73 Å². The molecular weight excluding hydrogens is 148 g/mol. The zero-order chi connectivity index (χ0) is 9.19. The number of aromatic nitrogens is 1. The molecule has 1 aromatic heterocycles. The van der Waals surface area contributed by atoms with Gasteiger partial charge in [-0.05, 0) is 38.3 Å². The number of rotatable bonds is 3. The molecule has 0 amide bonds. The predicted molar refractivity (Wildman–Crippen MR) is 52.0 cm³/mol. The van der Waals surface area contributed by atoms with Crippen molar-refractivity contribution in [3.63, 3.8) is 0 Å². The average molecular weight is 166 g/mol. The first-order valence-electron chi connectivity index (χ1n) is 4.37. The van der Waals surface area contributed by atoms with Crippen LogP contribution in [0.3, 0.4) is 0 Å². The Labute approximate surface area is 74.4 Å². The lowest BCUT2D eigenvalue weighted by atomic mass is 9.98. The first kappa shape index (κ1) is 9.33. The molecule has 12 heavy (non-hydrogen) atoms. The van der Waals surface area contributed by atoms with Gasteiger partial charge in [-0.1, -0.05) is 0 Å². The van der Waals surface area contributed by atoms with Crippen molar-refractivity contribution in [2.45, 2.75) is 32.2 Å². The number of nitrogens with two attached hydrogens (primary N) is 1. The minimum atomic E-state index is -0.0458. The van der Waals surface area contributed by atoms with E-state index in [-0.39, 0.29) is 5.54 Å². The van der Waals surface area contributed by atoms with Crippen molar-refractivity contribution in [3.8, 4) is 0 Å². The molecule has 0 fully saturated rings. The van der Waals surface area contributed by atoms with Gasteiger partial charge in [-0.3, -0.25) is 0 Å². The maximum atomic E-state index is 5.88. The second kappa shape index (κ2) is 3.31. The lowest BCUT2D eigenvalue weighted by Crippen LogP contribution is -2.32. The van der Waals surface area contributed by atoms with Gasteiger partial charge in [-0.25, -0.2) is 0 Å². The fraction of sp³-hybridized carbons (Fsp3) is 0.600. The molecule has 0 unspecified atom stereocenters. The van der Waals surface area contributed by atoms with E-state index in [1.54, 1.807) is 0 Å². The third-order valence-corrected chi connectivity index (χ3v) is 1.95. The van der Waals surface area contributed by atoms with Crippen LogP contribution in [0.1, 0.15) is 25.8 Å². The molecule has 2 nitrogen and oxygen atoms in total. The van der Waals surface area contributed by atoms with Crippen molar-refractivity contribution in [1.82, 2.24) is 4.57 Å². The maximum Gasteiger partial charge on any atom is 0.0106 e. The van der Waals surface area contributed by atoms with Crippen LogP contribution in [-0.2, 0) is 13.5 Å². The summed E-state index contributed by atoms with van der Waals surface area (Å²) >= 11 is 0. The zero-order valence-electron chi connectivity index (χ0n) is 8.17. The molecule has 2 heteroatoms. The number of aryl methyl sites for hydroxylation is 2. The van der Waals surface area contributed by atoms with Gasteiger partial charge in [0.1, 0.15) is 0 Å². The first-order valence-corrected chi connectivity index (χ1v) is 4.37. The summed E-state index contributed by atoms with van der Waals surface area (Å²) in [5.41, 5.74) is 7.21. The summed E-state index contributed by atoms with van der Waals surface area (Å²) in [6.45, 7) is 4.13. The first-order chi connectivity index (χ1) is 5.47.